The lowest BCUT2D eigenvalue weighted by atomic mass is 10.1. The summed E-state index contributed by atoms with van der Waals surface area (Å²) >= 11 is 8.41. The van der Waals surface area contributed by atoms with Gasteiger partial charge in [-0.25, -0.2) is 9.97 Å². The Morgan fingerprint density at radius 3 is 2.44 bits per heavy atom. The number of nitrogens with zero attached hydrogens (tertiary/aromatic N) is 2. The van der Waals surface area contributed by atoms with E-state index in [2.05, 4.69) is 59.4 Å². The molecule has 0 atom stereocenters. The molecule has 1 heterocycles. The van der Waals surface area contributed by atoms with Gasteiger partial charge in [0.2, 0.25) is 0 Å². The van der Waals surface area contributed by atoms with Crippen LogP contribution >= 0.6 is 34.2 Å². The van der Waals surface area contributed by atoms with Gasteiger partial charge < -0.3 is 0 Å². The minimum absolute atomic E-state index is 0.333. The van der Waals surface area contributed by atoms with Crippen LogP contribution < -0.4 is 0 Å². The van der Waals surface area contributed by atoms with Gasteiger partial charge in [0.15, 0.2) is 5.82 Å². The molecule has 0 bridgehead atoms. The van der Waals surface area contributed by atoms with Crippen LogP contribution in [0.3, 0.4) is 0 Å². The van der Waals surface area contributed by atoms with Crippen molar-refractivity contribution in [1.29, 1.82) is 0 Å². The van der Waals surface area contributed by atoms with Gasteiger partial charge in [0.05, 0.1) is 9.26 Å². The summed E-state index contributed by atoms with van der Waals surface area (Å²) in [4.78, 5) is 9.05. The largest absolute Gasteiger partial charge is 0.232 e. The monoisotopic (exact) mass is 372 g/mol. The molecule has 0 unspecified atom stereocenters. The van der Waals surface area contributed by atoms with Crippen LogP contribution in [0.5, 0.6) is 0 Å². The molecule has 2 nitrogen and oxygen atoms in total. The van der Waals surface area contributed by atoms with E-state index in [1.807, 2.05) is 18.2 Å². The summed E-state index contributed by atoms with van der Waals surface area (Å²) in [6.45, 7) is 6.28. The molecule has 0 aliphatic heterocycles. The fourth-order valence-electron chi connectivity index (χ4n) is 1.76. The van der Waals surface area contributed by atoms with Crippen molar-refractivity contribution in [2.75, 3.05) is 0 Å². The van der Waals surface area contributed by atoms with Crippen molar-refractivity contribution < 1.29 is 0 Å². The lowest BCUT2D eigenvalue weighted by Crippen LogP contribution is -2.03. The molecule has 0 amide bonds. The van der Waals surface area contributed by atoms with Crippen LogP contribution in [0.4, 0.5) is 0 Å². The Morgan fingerprint density at radius 1 is 1.17 bits per heavy atom. The SMILES string of the molecule is Cc1ccccc1-c1nc(Cl)c(I)c(C(C)C)n1. The molecule has 0 N–H and O–H groups in total. The number of benzene rings is 1. The Bertz CT molecular complexity index is 582. The topological polar surface area (TPSA) is 25.8 Å². The van der Waals surface area contributed by atoms with Gasteiger partial charge >= 0.3 is 0 Å². The highest BCUT2D eigenvalue weighted by Crippen LogP contribution is 2.29. The standard InChI is InChI=1S/C14H14ClIN2/c1-8(2)12-11(16)13(15)18-14(17-12)10-7-5-4-6-9(10)3/h4-8H,1-3H3. The first-order valence-corrected chi connectivity index (χ1v) is 7.25. The highest BCUT2D eigenvalue weighted by atomic mass is 127. The van der Waals surface area contributed by atoms with E-state index in [1.165, 1.54) is 0 Å². The number of hydrogen-bond donors (Lipinski definition) is 0. The molecule has 0 spiro atoms. The summed E-state index contributed by atoms with van der Waals surface area (Å²) in [5.74, 6) is 1.04. The van der Waals surface area contributed by atoms with Gasteiger partial charge in [0, 0.05) is 5.56 Å². The molecule has 0 aliphatic rings. The number of rotatable bonds is 2. The third-order valence-electron chi connectivity index (χ3n) is 2.77. The molecule has 0 aliphatic carbocycles. The van der Waals surface area contributed by atoms with E-state index >= 15 is 0 Å². The van der Waals surface area contributed by atoms with Gasteiger partial charge in [-0.3, -0.25) is 0 Å². The quantitative estimate of drug-likeness (QED) is 0.557. The van der Waals surface area contributed by atoms with Gasteiger partial charge in [0.25, 0.3) is 0 Å². The van der Waals surface area contributed by atoms with Crippen LogP contribution in [0.1, 0.15) is 31.0 Å². The Kier molecular flexibility index (Phi) is 4.22. The summed E-state index contributed by atoms with van der Waals surface area (Å²) in [6.07, 6.45) is 0. The van der Waals surface area contributed by atoms with E-state index in [4.69, 9.17) is 11.6 Å². The van der Waals surface area contributed by atoms with Crippen molar-refractivity contribution in [3.05, 3.63) is 44.2 Å². The zero-order chi connectivity index (χ0) is 13.3. The van der Waals surface area contributed by atoms with Crippen LogP contribution in [0.25, 0.3) is 11.4 Å². The molecule has 0 radical (unpaired) electrons. The molecule has 1 aromatic carbocycles. The maximum absolute atomic E-state index is 6.21. The van der Waals surface area contributed by atoms with Crippen molar-refractivity contribution in [3.63, 3.8) is 0 Å². The van der Waals surface area contributed by atoms with E-state index in [0.29, 0.717) is 16.9 Å². The van der Waals surface area contributed by atoms with E-state index in [9.17, 15) is 0 Å². The number of aromatic nitrogens is 2. The van der Waals surface area contributed by atoms with Crippen LogP contribution in [0.2, 0.25) is 5.15 Å². The van der Waals surface area contributed by atoms with Crippen molar-refractivity contribution in [3.8, 4) is 11.4 Å². The number of hydrogen-bond acceptors (Lipinski definition) is 2. The van der Waals surface area contributed by atoms with Crippen LogP contribution in [-0.2, 0) is 0 Å². The summed E-state index contributed by atoms with van der Waals surface area (Å²) in [6, 6.07) is 8.08. The minimum atomic E-state index is 0.333. The van der Waals surface area contributed by atoms with Gasteiger partial charge in [-0.05, 0) is 41.0 Å². The van der Waals surface area contributed by atoms with Crippen molar-refractivity contribution >= 4 is 34.2 Å². The normalized spacial score (nSPS) is 11.0. The summed E-state index contributed by atoms with van der Waals surface area (Å²) in [5.41, 5.74) is 3.20. The Balaban J connectivity index is 2.63. The van der Waals surface area contributed by atoms with Crippen LogP contribution in [0, 0.1) is 10.5 Å². The molecule has 1 aromatic heterocycles. The average Bonchev–Trinajstić information content (AvgIpc) is 2.33. The molecular formula is C14H14ClIN2. The maximum atomic E-state index is 6.21. The second-order valence-electron chi connectivity index (χ2n) is 4.51. The number of aryl methyl sites for hydroxylation is 1. The second-order valence-corrected chi connectivity index (χ2v) is 5.94. The first kappa shape index (κ1) is 13.7. The van der Waals surface area contributed by atoms with Gasteiger partial charge in [-0.1, -0.05) is 49.7 Å². The highest BCUT2D eigenvalue weighted by Gasteiger charge is 2.15. The molecule has 18 heavy (non-hydrogen) atoms. The second kappa shape index (κ2) is 5.53. The van der Waals surface area contributed by atoms with Gasteiger partial charge in [0.1, 0.15) is 5.15 Å². The molecular weight excluding hydrogens is 359 g/mol. The fourth-order valence-corrected chi connectivity index (χ4v) is 2.80. The molecule has 94 valence electrons. The van der Waals surface area contributed by atoms with Crippen LogP contribution in [-0.4, -0.2) is 9.97 Å². The Hall–Kier alpha value is -0.680. The van der Waals surface area contributed by atoms with Crippen molar-refractivity contribution in [2.45, 2.75) is 26.7 Å². The van der Waals surface area contributed by atoms with Gasteiger partial charge in [-0.15, -0.1) is 0 Å². The number of halogens is 2. The van der Waals surface area contributed by atoms with E-state index in [0.717, 1.165) is 20.4 Å². The molecule has 0 saturated carbocycles. The molecule has 4 heteroatoms. The molecule has 0 fully saturated rings. The first-order valence-electron chi connectivity index (χ1n) is 5.79. The summed E-state index contributed by atoms with van der Waals surface area (Å²) in [5, 5.41) is 0.535. The Morgan fingerprint density at radius 2 is 1.83 bits per heavy atom. The van der Waals surface area contributed by atoms with E-state index in [-0.39, 0.29) is 0 Å². The lowest BCUT2D eigenvalue weighted by molar-refractivity contribution is 0.808. The zero-order valence-electron chi connectivity index (χ0n) is 10.5. The first-order chi connectivity index (χ1) is 8.50. The minimum Gasteiger partial charge on any atom is -0.232 e. The summed E-state index contributed by atoms with van der Waals surface area (Å²) < 4.78 is 0.946. The van der Waals surface area contributed by atoms with Crippen LogP contribution in [0.15, 0.2) is 24.3 Å². The highest BCUT2D eigenvalue weighted by molar-refractivity contribution is 14.1. The third-order valence-corrected chi connectivity index (χ3v) is 4.43. The molecule has 0 saturated heterocycles. The lowest BCUT2D eigenvalue weighted by Gasteiger charge is -2.12. The average molecular weight is 373 g/mol. The maximum Gasteiger partial charge on any atom is 0.161 e. The molecule has 2 aromatic rings. The fraction of sp³-hybridized carbons (Fsp3) is 0.286. The van der Waals surface area contributed by atoms with E-state index < -0.39 is 0 Å². The van der Waals surface area contributed by atoms with E-state index in [1.54, 1.807) is 0 Å². The predicted molar refractivity (Wildman–Crippen MR) is 84.0 cm³/mol. The van der Waals surface area contributed by atoms with Crippen molar-refractivity contribution in [1.82, 2.24) is 9.97 Å². The predicted octanol–water partition coefficient (Wildman–Crippen LogP) is 4.83. The zero-order valence-corrected chi connectivity index (χ0v) is 13.5. The Labute approximate surface area is 126 Å². The van der Waals surface area contributed by atoms with Crippen molar-refractivity contribution in [2.24, 2.45) is 0 Å². The smallest absolute Gasteiger partial charge is 0.161 e. The molecule has 2 rings (SSSR count). The summed E-state index contributed by atoms with van der Waals surface area (Å²) in [7, 11) is 0. The third kappa shape index (κ3) is 2.67. The van der Waals surface area contributed by atoms with Gasteiger partial charge in [-0.2, -0.15) is 0 Å².